The maximum absolute atomic E-state index is 13.4. The van der Waals surface area contributed by atoms with Crippen LogP contribution < -0.4 is 11.2 Å². The highest BCUT2D eigenvalue weighted by atomic mass is 79.9. The Bertz CT molecular complexity index is 777. The first-order chi connectivity index (χ1) is 12.7. The molecule has 1 N–H and O–H groups in total. The lowest BCUT2D eigenvalue weighted by molar-refractivity contribution is -0.152. The summed E-state index contributed by atoms with van der Waals surface area (Å²) in [4.78, 5) is 47.4. The van der Waals surface area contributed by atoms with Gasteiger partial charge in [-0.2, -0.15) is 4.39 Å². The van der Waals surface area contributed by atoms with Crippen LogP contribution in [0.2, 0.25) is 0 Å². The van der Waals surface area contributed by atoms with Crippen molar-refractivity contribution in [3.05, 3.63) is 32.9 Å². The van der Waals surface area contributed by atoms with E-state index in [1.807, 2.05) is 18.8 Å². The zero-order valence-electron chi connectivity index (χ0n) is 15.7. The Hall–Kier alpha value is -1.81. The molecule has 1 aliphatic rings. The molecule has 10 heteroatoms. The van der Waals surface area contributed by atoms with Crippen molar-refractivity contribution in [3.63, 3.8) is 0 Å². The van der Waals surface area contributed by atoms with Gasteiger partial charge in [-0.15, -0.1) is 0 Å². The second-order valence-electron chi connectivity index (χ2n) is 5.78. The molecule has 0 spiro atoms. The van der Waals surface area contributed by atoms with Gasteiger partial charge in [0, 0.05) is 24.6 Å². The van der Waals surface area contributed by atoms with Crippen LogP contribution in [-0.4, -0.2) is 38.3 Å². The lowest BCUT2D eigenvalue weighted by Crippen LogP contribution is -2.33. The first-order valence-corrected chi connectivity index (χ1v) is 9.61. The van der Waals surface area contributed by atoms with Gasteiger partial charge in [-0.25, -0.2) is 4.79 Å². The third-order valence-electron chi connectivity index (χ3n) is 3.87. The molecule has 0 radical (unpaired) electrons. The number of nitrogens with one attached hydrogen (secondary N) is 1. The van der Waals surface area contributed by atoms with Crippen molar-refractivity contribution in [1.29, 1.82) is 0 Å². The molecule has 4 unspecified atom stereocenters. The van der Waals surface area contributed by atoms with Gasteiger partial charge < -0.3 is 9.47 Å². The number of carbonyl (C=O) groups is 2. The van der Waals surface area contributed by atoms with E-state index in [-0.39, 0.29) is 23.1 Å². The number of Topliss-reactive ketones (excluding diaryl/α,β-unsaturated/α-hetero) is 1. The first-order valence-electron chi connectivity index (χ1n) is 8.69. The molecule has 27 heavy (non-hydrogen) atoms. The fraction of sp³-hybridized carbons (Fsp3) is 0.647. The summed E-state index contributed by atoms with van der Waals surface area (Å²) >= 11 is 3.42. The fourth-order valence-electron chi connectivity index (χ4n) is 2.59. The van der Waals surface area contributed by atoms with Crippen molar-refractivity contribution in [3.8, 4) is 0 Å². The highest BCUT2D eigenvalue weighted by Gasteiger charge is 2.35. The van der Waals surface area contributed by atoms with Gasteiger partial charge in [-0.05, 0) is 13.3 Å². The maximum Gasteiger partial charge on any atom is 0.330 e. The Kier molecular flexibility index (Phi) is 9.04. The highest BCUT2D eigenvalue weighted by molar-refractivity contribution is 9.09. The van der Waals surface area contributed by atoms with Gasteiger partial charge in [0.05, 0.1) is 12.3 Å². The summed E-state index contributed by atoms with van der Waals surface area (Å²) in [6.45, 7) is 6.72. The Morgan fingerprint density at radius 3 is 2.67 bits per heavy atom. The number of aromatic nitrogens is 2. The van der Waals surface area contributed by atoms with Crippen molar-refractivity contribution in [2.75, 3.05) is 0 Å². The van der Waals surface area contributed by atoms with Gasteiger partial charge in [-0.3, -0.25) is 23.9 Å². The van der Waals surface area contributed by atoms with Crippen molar-refractivity contribution in [1.82, 2.24) is 9.55 Å². The summed E-state index contributed by atoms with van der Waals surface area (Å²) in [6.07, 6.45) is -0.333. The number of rotatable bonds is 6. The highest BCUT2D eigenvalue weighted by Crippen LogP contribution is 2.34. The molecule has 1 saturated heterocycles. The van der Waals surface area contributed by atoms with E-state index in [0.717, 1.165) is 10.8 Å². The van der Waals surface area contributed by atoms with E-state index >= 15 is 0 Å². The molecule has 1 aliphatic heterocycles. The van der Waals surface area contributed by atoms with E-state index in [0.29, 0.717) is 12.8 Å². The van der Waals surface area contributed by atoms with Crippen LogP contribution in [0.5, 0.6) is 0 Å². The number of alkyl halides is 1. The van der Waals surface area contributed by atoms with Gasteiger partial charge in [0.25, 0.3) is 5.56 Å². The fourth-order valence-corrected chi connectivity index (χ4v) is 3.30. The number of aromatic amines is 1. The third kappa shape index (κ3) is 6.39. The number of H-pyrrole nitrogens is 1. The molecule has 1 aromatic heterocycles. The van der Waals surface area contributed by atoms with Crippen LogP contribution in [-0.2, 0) is 19.1 Å². The van der Waals surface area contributed by atoms with Crippen LogP contribution in [0.4, 0.5) is 4.39 Å². The topological polar surface area (TPSA) is 107 Å². The van der Waals surface area contributed by atoms with Gasteiger partial charge in [0.1, 0.15) is 6.23 Å². The molecule has 1 fully saturated rings. The number of halogens is 2. The molecule has 0 amide bonds. The molecular formula is C17H24BrFN2O6. The predicted octanol–water partition coefficient (Wildman–Crippen LogP) is 2.05. The average Bonchev–Trinajstić information content (AvgIpc) is 2.97. The minimum absolute atomic E-state index is 0.128. The second-order valence-corrected chi connectivity index (χ2v) is 6.96. The van der Waals surface area contributed by atoms with Crippen LogP contribution in [0.1, 0.15) is 53.2 Å². The minimum Gasteiger partial charge on any atom is -0.455 e. The van der Waals surface area contributed by atoms with E-state index in [4.69, 9.17) is 9.47 Å². The molecule has 0 saturated carbocycles. The van der Waals surface area contributed by atoms with E-state index in [2.05, 4.69) is 15.9 Å². The van der Waals surface area contributed by atoms with Gasteiger partial charge in [0.2, 0.25) is 5.82 Å². The smallest absolute Gasteiger partial charge is 0.330 e. The molecule has 0 aliphatic carbocycles. The molecule has 2 rings (SSSR count). The van der Waals surface area contributed by atoms with Gasteiger partial charge in [-0.1, -0.05) is 29.8 Å². The lowest BCUT2D eigenvalue weighted by atomic mass is 10.1. The van der Waals surface area contributed by atoms with Gasteiger partial charge in [0.15, 0.2) is 11.9 Å². The number of nitrogens with zero attached hydrogens (tertiary/aromatic N) is 1. The number of esters is 1. The molecule has 1 aromatic rings. The van der Waals surface area contributed by atoms with E-state index in [1.54, 1.807) is 0 Å². The van der Waals surface area contributed by atoms with Gasteiger partial charge >= 0.3 is 11.7 Å². The molecule has 152 valence electrons. The number of hydrogen-bond acceptors (Lipinski definition) is 6. The summed E-state index contributed by atoms with van der Waals surface area (Å²) < 4.78 is 24.9. The summed E-state index contributed by atoms with van der Waals surface area (Å²) in [6, 6.07) is 0. The first kappa shape index (κ1) is 23.2. The molecular weight excluding hydrogens is 427 g/mol. The minimum atomic E-state index is -1.09. The molecule has 0 bridgehead atoms. The summed E-state index contributed by atoms with van der Waals surface area (Å²) in [5.74, 6) is -1.85. The summed E-state index contributed by atoms with van der Waals surface area (Å²) in [5, 5.41) is 0. The standard InChI is InChI=1S/C15H18BrFN2O6.C2H6/c1-7(24-8(2)20)11(21)3-4-12-9(16)5-13(25-12)19-6-10(17)14(22)18-15(19)23;1-2/h6-7,9,12-13H,3-5H2,1-2H3,(H,18,22,23);1-2H3. The lowest BCUT2D eigenvalue weighted by Gasteiger charge is -2.17. The quantitative estimate of drug-likeness (QED) is 0.524. The van der Waals surface area contributed by atoms with Crippen molar-refractivity contribution < 1.29 is 23.5 Å². The Labute approximate surface area is 164 Å². The van der Waals surface area contributed by atoms with E-state index in [1.165, 1.54) is 13.8 Å². The third-order valence-corrected chi connectivity index (χ3v) is 4.83. The summed E-state index contributed by atoms with van der Waals surface area (Å²) in [5.41, 5.74) is -1.85. The van der Waals surface area contributed by atoms with E-state index < -0.39 is 35.4 Å². The Morgan fingerprint density at radius 1 is 1.44 bits per heavy atom. The van der Waals surface area contributed by atoms with Crippen molar-refractivity contribution in [2.45, 2.75) is 70.2 Å². The van der Waals surface area contributed by atoms with E-state index in [9.17, 15) is 23.6 Å². The molecule has 0 aromatic carbocycles. The summed E-state index contributed by atoms with van der Waals surface area (Å²) in [7, 11) is 0. The van der Waals surface area contributed by atoms with Crippen LogP contribution in [0.15, 0.2) is 15.8 Å². The van der Waals surface area contributed by atoms with Crippen LogP contribution in [0, 0.1) is 5.82 Å². The average molecular weight is 451 g/mol. The van der Waals surface area contributed by atoms with Crippen LogP contribution in [0.25, 0.3) is 0 Å². The van der Waals surface area contributed by atoms with Crippen molar-refractivity contribution in [2.24, 2.45) is 0 Å². The number of carbonyl (C=O) groups excluding carboxylic acids is 2. The zero-order valence-corrected chi connectivity index (χ0v) is 17.2. The van der Waals surface area contributed by atoms with Crippen LogP contribution >= 0.6 is 15.9 Å². The van der Waals surface area contributed by atoms with Crippen molar-refractivity contribution >= 4 is 27.7 Å². The second kappa shape index (κ2) is 10.5. The molecule has 8 nitrogen and oxygen atoms in total. The number of ketones is 1. The predicted molar refractivity (Wildman–Crippen MR) is 99.3 cm³/mol. The SMILES string of the molecule is CC.CC(=O)OC(C)C(=O)CCC1OC(n2cc(F)c(=O)[nH]c2=O)CC1Br. The monoisotopic (exact) mass is 450 g/mol. The maximum atomic E-state index is 13.4. The Balaban J connectivity index is 0.00000176. The largest absolute Gasteiger partial charge is 0.455 e. The number of ether oxygens (including phenoxy) is 2. The zero-order chi connectivity index (χ0) is 20.7. The van der Waals surface area contributed by atoms with Crippen LogP contribution in [0.3, 0.4) is 0 Å². The number of hydrogen-bond donors (Lipinski definition) is 1. The molecule has 4 atom stereocenters. The normalized spacial score (nSPS) is 22.5. The Morgan fingerprint density at radius 2 is 2.07 bits per heavy atom. The molecule has 2 heterocycles.